The summed E-state index contributed by atoms with van der Waals surface area (Å²) in [6, 6.07) is -0.321. The van der Waals surface area contributed by atoms with Gasteiger partial charge in [0, 0.05) is 19.7 Å². The van der Waals surface area contributed by atoms with Gasteiger partial charge in [-0.15, -0.1) is 0 Å². The van der Waals surface area contributed by atoms with Gasteiger partial charge in [0.2, 0.25) is 0 Å². The molecule has 0 aromatic carbocycles. The lowest BCUT2D eigenvalue weighted by atomic mass is 10.0. The Hall–Kier alpha value is -2.13. The van der Waals surface area contributed by atoms with Crippen molar-refractivity contribution in [1.29, 1.82) is 0 Å². The number of esters is 1. The largest absolute Gasteiger partial charge is 0.462 e. The Morgan fingerprint density at radius 1 is 1.38 bits per heavy atom. The van der Waals surface area contributed by atoms with Crippen LogP contribution in [0.2, 0.25) is 5.15 Å². The fraction of sp³-hybridized carbons (Fsp3) is 0.625. The van der Waals surface area contributed by atoms with Crippen LogP contribution in [0.15, 0.2) is 0 Å². The van der Waals surface area contributed by atoms with E-state index in [0.29, 0.717) is 31.7 Å². The van der Waals surface area contributed by atoms with Gasteiger partial charge in [-0.3, -0.25) is 9.59 Å². The number of nitrogens with zero attached hydrogens (tertiary/aromatic N) is 2. The molecule has 0 aliphatic carbocycles. The van der Waals surface area contributed by atoms with Gasteiger partial charge in [-0.1, -0.05) is 18.5 Å². The summed E-state index contributed by atoms with van der Waals surface area (Å²) in [5, 5.41) is 3.14. The van der Waals surface area contributed by atoms with Gasteiger partial charge >= 0.3 is 11.9 Å². The number of halogens is 1. The van der Waals surface area contributed by atoms with Crippen LogP contribution in [0.3, 0.4) is 0 Å². The number of H-pyrrole nitrogens is 1. The maximum Gasteiger partial charge on any atom is 0.396 e. The van der Waals surface area contributed by atoms with Gasteiger partial charge in [-0.25, -0.2) is 9.78 Å². The molecule has 0 spiro atoms. The van der Waals surface area contributed by atoms with Gasteiger partial charge in [-0.2, -0.15) is 0 Å². The van der Waals surface area contributed by atoms with Crippen molar-refractivity contribution in [3.63, 3.8) is 0 Å². The number of methoxy groups -OCH3 is 1. The third-order valence-corrected chi connectivity index (χ3v) is 4.51. The van der Waals surface area contributed by atoms with Gasteiger partial charge in [0.05, 0.1) is 24.9 Å². The minimum absolute atomic E-state index is 0.134. The monoisotopic (exact) mass is 386 g/mol. The predicted octanol–water partition coefficient (Wildman–Crippen LogP) is 0.534. The lowest BCUT2D eigenvalue weighted by Gasteiger charge is -2.37. The van der Waals surface area contributed by atoms with Crippen molar-refractivity contribution >= 4 is 29.4 Å². The van der Waals surface area contributed by atoms with E-state index in [2.05, 4.69) is 20.0 Å². The second kappa shape index (κ2) is 9.00. The van der Waals surface area contributed by atoms with Crippen molar-refractivity contribution < 1.29 is 23.9 Å². The molecule has 1 aromatic heterocycles. The summed E-state index contributed by atoms with van der Waals surface area (Å²) in [6.45, 7) is 4.62. The molecule has 1 saturated heterocycles. The van der Waals surface area contributed by atoms with Crippen LogP contribution in [0.4, 0.5) is 0 Å². The molecule has 1 aliphatic heterocycles. The van der Waals surface area contributed by atoms with Crippen molar-refractivity contribution in [3.8, 4) is 0 Å². The van der Waals surface area contributed by atoms with E-state index >= 15 is 0 Å². The molecule has 0 saturated carbocycles. The summed E-state index contributed by atoms with van der Waals surface area (Å²) in [5.74, 6) is -1.89. The van der Waals surface area contributed by atoms with Gasteiger partial charge in [0.15, 0.2) is 11.0 Å². The molecular formula is C16H23ClN4O5. The molecule has 1 aliphatic rings. The summed E-state index contributed by atoms with van der Waals surface area (Å²) in [7, 11) is 1.16. The van der Waals surface area contributed by atoms with Crippen LogP contribution in [0.5, 0.6) is 0 Å². The number of carbonyl (C=O) groups is 3. The highest BCUT2D eigenvalue weighted by Gasteiger charge is 2.35. The van der Waals surface area contributed by atoms with E-state index in [9.17, 15) is 14.4 Å². The number of carbonyl (C=O) groups excluding carboxylic acids is 3. The standard InChI is InChI=1S/C16H23ClN4O5/c1-4-9-12(17)20-13(18-9)14(22)19-10-6-7-21(8-11(10)26-5-2)15(23)16(24)25-3/h10-11H,4-8H2,1-3H3,(H,18,20)(H,19,22)/t10-,11+/m1/s1. The highest BCUT2D eigenvalue weighted by molar-refractivity contribution is 6.32. The molecule has 2 atom stereocenters. The number of hydrogen-bond donors (Lipinski definition) is 2. The van der Waals surface area contributed by atoms with Crippen LogP contribution in [-0.4, -0.2) is 71.6 Å². The minimum atomic E-state index is -0.917. The summed E-state index contributed by atoms with van der Waals surface area (Å²) in [5.41, 5.74) is 0.691. The molecule has 0 bridgehead atoms. The van der Waals surface area contributed by atoms with E-state index in [1.54, 1.807) is 0 Å². The molecule has 2 rings (SSSR count). The Morgan fingerprint density at radius 3 is 2.69 bits per heavy atom. The van der Waals surface area contributed by atoms with Gasteiger partial charge in [0.25, 0.3) is 5.91 Å². The molecule has 2 amide bonds. The predicted molar refractivity (Wildman–Crippen MR) is 92.9 cm³/mol. The molecule has 144 valence electrons. The van der Waals surface area contributed by atoms with Gasteiger partial charge in [0.1, 0.15) is 0 Å². The Balaban J connectivity index is 2.05. The zero-order valence-corrected chi connectivity index (χ0v) is 15.8. The van der Waals surface area contributed by atoms with Crippen LogP contribution in [0.1, 0.15) is 36.6 Å². The van der Waals surface area contributed by atoms with Crippen LogP contribution in [0.25, 0.3) is 0 Å². The number of aryl methyl sites for hydroxylation is 1. The number of amides is 2. The van der Waals surface area contributed by atoms with Crippen molar-refractivity contribution in [2.75, 3.05) is 26.8 Å². The summed E-state index contributed by atoms with van der Waals surface area (Å²) in [4.78, 5) is 44.1. The molecule has 2 N–H and O–H groups in total. The molecule has 0 radical (unpaired) electrons. The number of aromatic amines is 1. The van der Waals surface area contributed by atoms with E-state index < -0.39 is 23.9 Å². The smallest absolute Gasteiger partial charge is 0.396 e. The SMILES string of the molecule is CCO[C@H]1CN(C(=O)C(=O)OC)CC[C@H]1NC(=O)c1nc(Cl)c(CC)[nH]1. The lowest BCUT2D eigenvalue weighted by molar-refractivity contribution is -0.160. The number of ether oxygens (including phenoxy) is 2. The van der Waals surface area contributed by atoms with Crippen LogP contribution < -0.4 is 5.32 Å². The fourth-order valence-corrected chi connectivity index (χ4v) is 3.10. The van der Waals surface area contributed by atoms with Gasteiger partial charge in [-0.05, 0) is 19.8 Å². The second-order valence-electron chi connectivity index (χ2n) is 5.81. The van der Waals surface area contributed by atoms with Crippen molar-refractivity contribution in [2.24, 2.45) is 0 Å². The van der Waals surface area contributed by atoms with Crippen molar-refractivity contribution in [1.82, 2.24) is 20.2 Å². The molecular weight excluding hydrogens is 364 g/mol. The fourth-order valence-electron chi connectivity index (χ4n) is 2.83. The average Bonchev–Trinajstić information content (AvgIpc) is 3.03. The van der Waals surface area contributed by atoms with Crippen LogP contribution >= 0.6 is 11.6 Å². The first kappa shape index (κ1) is 20.2. The first-order valence-electron chi connectivity index (χ1n) is 8.45. The minimum Gasteiger partial charge on any atom is -0.462 e. The molecule has 26 heavy (non-hydrogen) atoms. The average molecular weight is 387 g/mol. The molecule has 9 nitrogen and oxygen atoms in total. The summed E-state index contributed by atoms with van der Waals surface area (Å²) >= 11 is 5.97. The summed E-state index contributed by atoms with van der Waals surface area (Å²) in [6.07, 6.45) is 0.630. The zero-order chi connectivity index (χ0) is 19.3. The first-order valence-corrected chi connectivity index (χ1v) is 8.83. The normalized spacial score (nSPS) is 19.9. The van der Waals surface area contributed by atoms with E-state index in [0.717, 1.165) is 7.11 Å². The van der Waals surface area contributed by atoms with Crippen LogP contribution in [0, 0.1) is 0 Å². The number of aromatic nitrogens is 2. The molecule has 10 heteroatoms. The third-order valence-electron chi connectivity index (χ3n) is 4.20. The van der Waals surface area contributed by atoms with Crippen molar-refractivity contribution in [3.05, 3.63) is 16.7 Å². The van der Waals surface area contributed by atoms with E-state index in [1.807, 2.05) is 13.8 Å². The number of piperidine rings is 1. The van der Waals surface area contributed by atoms with Crippen molar-refractivity contribution in [2.45, 2.75) is 38.8 Å². The molecule has 0 unspecified atom stereocenters. The molecule has 1 aromatic rings. The third kappa shape index (κ3) is 4.53. The number of nitrogens with one attached hydrogen (secondary N) is 2. The number of likely N-dealkylation sites (tertiary alicyclic amines) is 1. The van der Waals surface area contributed by atoms with Crippen LogP contribution in [-0.2, 0) is 25.5 Å². The first-order chi connectivity index (χ1) is 12.4. The number of imidazole rings is 1. The van der Waals surface area contributed by atoms with Gasteiger partial charge < -0.3 is 24.7 Å². The Bertz CT molecular complexity index is 678. The maximum absolute atomic E-state index is 12.4. The zero-order valence-electron chi connectivity index (χ0n) is 15.0. The maximum atomic E-state index is 12.4. The second-order valence-corrected chi connectivity index (χ2v) is 6.17. The molecule has 2 heterocycles. The number of hydrogen-bond acceptors (Lipinski definition) is 6. The van der Waals surface area contributed by atoms with E-state index in [-0.39, 0.29) is 23.6 Å². The topological polar surface area (TPSA) is 114 Å². The Kier molecular flexibility index (Phi) is 6.98. The number of rotatable bonds is 5. The Labute approximate surface area is 156 Å². The van der Waals surface area contributed by atoms with E-state index in [4.69, 9.17) is 16.3 Å². The quantitative estimate of drug-likeness (QED) is 0.563. The molecule has 1 fully saturated rings. The summed E-state index contributed by atoms with van der Waals surface area (Å²) < 4.78 is 10.1. The highest BCUT2D eigenvalue weighted by atomic mass is 35.5. The highest BCUT2D eigenvalue weighted by Crippen LogP contribution is 2.17. The van der Waals surface area contributed by atoms with E-state index in [1.165, 1.54) is 4.90 Å². The Morgan fingerprint density at radius 2 is 2.12 bits per heavy atom. The lowest BCUT2D eigenvalue weighted by Crippen LogP contribution is -2.57.